The van der Waals surface area contributed by atoms with Crippen molar-refractivity contribution >= 4 is 17.5 Å². The topological polar surface area (TPSA) is 60.5 Å². The van der Waals surface area contributed by atoms with E-state index in [1.54, 1.807) is 6.07 Å². The molecule has 1 fully saturated rings. The number of ether oxygens (including phenoxy) is 2. The molecule has 1 saturated heterocycles. The Kier molecular flexibility index (Phi) is 6.46. The highest BCUT2D eigenvalue weighted by Crippen LogP contribution is 2.25. The van der Waals surface area contributed by atoms with Gasteiger partial charge in [-0.3, -0.25) is 4.79 Å². The standard InChI is InChI=1S/C16H23ClN2O3/c1-11(2)3-6-18-15(20)12-9-14(17)16(19-10-12)22-13-4-7-21-8-5-13/h9-11,13H,3-8H2,1-2H3,(H,18,20). The molecular formula is C16H23ClN2O3. The number of rotatable bonds is 6. The van der Waals surface area contributed by atoms with Crippen LogP contribution < -0.4 is 10.1 Å². The highest BCUT2D eigenvalue weighted by Gasteiger charge is 2.18. The number of hydrogen-bond donors (Lipinski definition) is 1. The van der Waals surface area contributed by atoms with E-state index in [-0.39, 0.29) is 12.0 Å². The Morgan fingerprint density at radius 1 is 1.50 bits per heavy atom. The molecule has 1 aromatic heterocycles. The lowest BCUT2D eigenvalue weighted by atomic mass is 10.1. The quantitative estimate of drug-likeness (QED) is 0.872. The van der Waals surface area contributed by atoms with Gasteiger partial charge in [0.05, 0.1) is 18.8 Å². The molecule has 1 aliphatic rings. The fourth-order valence-corrected chi connectivity index (χ4v) is 2.38. The summed E-state index contributed by atoms with van der Waals surface area (Å²) in [6.07, 6.45) is 4.18. The zero-order chi connectivity index (χ0) is 15.9. The lowest BCUT2D eigenvalue weighted by Gasteiger charge is -2.23. The van der Waals surface area contributed by atoms with E-state index in [9.17, 15) is 4.79 Å². The van der Waals surface area contributed by atoms with Crippen LogP contribution in [0.15, 0.2) is 12.3 Å². The second-order valence-corrected chi connectivity index (χ2v) is 6.29. The van der Waals surface area contributed by atoms with E-state index in [0.29, 0.717) is 42.1 Å². The number of carbonyl (C=O) groups is 1. The molecule has 0 aromatic carbocycles. The van der Waals surface area contributed by atoms with Crippen molar-refractivity contribution in [3.8, 4) is 5.88 Å². The van der Waals surface area contributed by atoms with Crippen molar-refractivity contribution in [2.45, 2.75) is 39.2 Å². The van der Waals surface area contributed by atoms with Gasteiger partial charge in [0.2, 0.25) is 5.88 Å². The third-order valence-electron chi connectivity index (χ3n) is 3.52. The van der Waals surface area contributed by atoms with Crippen molar-refractivity contribution in [2.75, 3.05) is 19.8 Å². The van der Waals surface area contributed by atoms with Gasteiger partial charge in [-0.2, -0.15) is 0 Å². The SMILES string of the molecule is CC(C)CCNC(=O)c1cnc(OC2CCOCC2)c(Cl)c1. The van der Waals surface area contributed by atoms with Crippen molar-refractivity contribution in [3.05, 3.63) is 22.8 Å². The van der Waals surface area contributed by atoms with E-state index >= 15 is 0 Å². The number of hydrogen-bond acceptors (Lipinski definition) is 4. The van der Waals surface area contributed by atoms with E-state index < -0.39 is 0 Å². The molecule has 122 valence electrons. The minimum Gasteiger partial charge on any atom is -0.473 e. The summed E-state index contributed by atoms with van der Waals surface area (Å²) in [7, 11) is 0. The third kappa shape index (κ3) is 5.14. The summed E-state index contributed by atoms with van der Waals surface area (Å²) in [5.41, 5.74) is 0.452. The first-order chi connectivity index (χ1) is 10.6. The Hall–Kier alpha value is -1.33. The molecule has 1 N–H and O–H groups in total. The number of aromatic nitrogens is 1. The van der Waals surface area contributed by atoms with Crippen LogP contribution >= 0.6 is 11.6 Å². The van der Waals surface area contributed by atoms with Crippen molar-refractivity contribution in [1.29, 1.82) is 0 Å². The van der Waals surface area contributed by atoms with Crippen LogP contribution in [0.1, 0.15) is 43.5 Å². The van der Waals surface area contributed by atoms with Crippen molar-refractivity contribution in [1.82, 2.24) is 10.3 Å². The predicted octanol–water partition coefficient (Wildman–Crippen LogP) is 3.07. The summed E-state index contributed by atoms with van der Waals surface area (Å²) in [5, 5.41) is 3.23. The van der Waals surface area contributed by atoms with Crippen LogP contribution in [0, 0.1) is 5.92 Å². The normalized spacial score (nSPS) is 15.8. The van der Waals surface area contributed by atoms with Gasteiger partial charge in [0.15, 0.2) is 0 Å². The molecule has 2 rings (SSSR count). The van der Waals surface area contributed by atoms with Crippen molar-refractivity contribution in [2.24, 2.45) is 5.92 Å². The third-order valence-corrected chi connectivity index (χ3v) is 3.79. The summed E-state index contributed by atoms with van der Waals surface area (Å²) in [4.78, 5) is 16.2. The molecule has 1 aliphatic heterocycles. The molecule has 5 nitrogen and oxygen atoms in total. The molecule has 0 unspecified atom stereocenters. The molecule has 6 heteroatoms. The second-order valence-electron chi connectivity index (χ2n) is 5.88. The molecular weight excluding hydrogens is 304 g/mol. The van der Waals surface area contributed by atoms with Crippen LogP contribution in [0.3, 0.4) is 0 Å². The molecule has 0 radical (unpaired) electrons. The van der Waals surface area contributed by atoms with Gasteiger partial charge in [-0.15, -0.1) is 0 Å². The minimum absolute atomic E-state index is 0.0736. The smallest absolute Gasteiger partial charge is 0.252 e. The number of nitrogens with one attached hydrogen (secondary N) is 1. The van der Waals surface area contributed by atoms with Gasteiger partial charge in [0.1, 0.15) is 11.1 Å². The van der Waals surface area contributed by atoms with Crippen LogP contribution in [-0.4, -0.2) is 36.8 Å². The van der Waals surface area contributed by atoms with Gasteiger partial charge in [-0.25, -0.2) is 4.98 Å². The molecule has 1 aromatic rings. The average Bonchev–Trinajstić information content (AvgIpc) is 2.50. The summed E-state index contributed by atoms with van der Waals surface area (Å²) in [6.45, 7) is 6.27. The molecule has 0 atom stereocenters. The maximum absolute atomic E-state index is 12.0. The summed E-state index contributed by atoms with van der Waals surface area (Å²) in [6, 6.07) is 1.61. The van der Waals surface area contributed by atoms with Crippen LogP contribution in [-0.2, 0) is 4.74 Å². The number of carbonyl (C=O) groups excluding carboxylic acids is 1. The summed E-state index contributed by atoms with van der Waals surface area (Å²) >= 11 is 6.18. The van der Waals surface area contributed by atoms with E-state index in [2.05, 4.69) is 24.1 Å². The highest BCUT2D eigenvalue weighted by atomic mass is 35.5. The number of pyridine rings is 1. The van der Waals surface area contributed by atoms with Crippen LogP contribution in [0.4, 0.5) is 0 Å². The Bertz CT molecular complexity index is 502. The van der Waals surface area contributed by atoms with Crippen molar-refractivity contribution < 1.29 is 14.3 Å². The highest BCUT2D eigenvalue weighted by molar-refractivity contribution is 6.32. The molecule has 0 aliphatic carbocycles. The molecule has 2 heterocycles. The zero-order valence-corrected chi connectivity index (χ0v) is 13.9. The van der Waals surface area contributed by atoms with Gasteiger partial charge < -0.3 is 14.8 Å². The Morgan fingerprint density at radius 3 is 2.86 bits per heavy atom. The van der Waals surface area contributed by atoms with Gasteiger partial charge >= 0.3 is 0 Å². The first-order valence-electron chi connectivity index (χ1n) is 7.74. The Morgan fingerprint density at radius 2 is 2.23 bits per heavy atom. The van der Waals surface area contributed by atoms with E-state index in [1.165, 1.54) is 6.20 Å². The molecule has 1 amide bonds. The average molecular weight is 327 g/mol. The zero-order valence-electron chi connectivity index (χ0n) is 13.1. The Labute approximate surface area is 136 Å². The molecule has 0 saturated carbocycles. The fourth-order valence-electron chi connectivity index (χ4n) is 2.16. The van der Waals surface area contributed by atoms with Crippen LogP contribution in [0.2, 0.25) is 5.02 Å². The van der Waals surface area contributed by atoms with Crippen molar-refractivity contribution in [3.63, 3.8) is 0 Å². The fraction of sp³-hybridized carbons (Fsp3) is 0.625. The van der Waals surface area contributed by atoms with Gasteiger partial charge in [0.25, 0.3) is 5.91 Å². The first-order valence-corrected chi connectivity index (χ1v) is 8.12. The predicted molar refractivity (Wildman–Crippen MR) is 85.5 cm³/mol. The monoisotopic (exact) mass is 326 g/mol. The molecule has 0 bridgehead atoms. The van der Waals surface area contributed by atoms with Gasteiger partial charge in [0, 0.05) is 25.6 Å². The van der Waals surface area contributed by atoms with E-state index in [1.807, 2.05) is 0 Å². The second kappa shape index (κ2) is 8.34. The van der Waals surface area contributed by atoms with Crippen LogP contribution in [0.5, 0.6) is 5.88 Å². The first kappa shape index (κ1) is 17.0. The Balaban J connectivity index is 1.92. The largest absolute Gasteiger partial charge is 0.473 e. The molecule has 0 spiro atoms. The number of amides is 1. The lowest BCUT2D eigenvalue weighted by molar-refractivity contribution is 0.0238. The number of nitrogens with zero attached hydrogens (tertiary/aromatic N) is 1. The van der Waals surface area contributed by atoms with Gasteiger partial charge in [-0.1, -0.05) is 25.4 Å². The maximum Gasteiger partial charge on any atom is 0.252 e. The van der Waals surface area contributed by atoms with Crippen LogP contribution in [0.25, 0.3) is 0 Å². The lowest BCUT2D eigenvalue weighted by Crippen LogP contribution is -2.27. The summed E-state index contributed by atoms with van der Waals surface area (Å²) < 4.78 is 11.1. The van der Waals surface area contributed by atoms with Gasteiger partial charge in [-0.05, 0) is 18.4 Å². The van der Waals surface area contributed by atoms with E-state index in [0.717, 1.165) is 19.3 Å². The number of halogens is 1. The minimum atomic E-state index is -0.160. The summed E-state index contributed by atoms with van der Waals surface area (Å²) in [5.74, 6) is 0.775. The van der Waals surface area contributed by atoms with E-state index in [4.69, 9.17) is 21.1 Å². The maximum atomic E-state index is 12.0. The molecule has 22 heavy (non-hydrogen) atoms.